The molecule has 124 valence electrons. The lowest BCUT2D eigenvalue weighted by molar-refractivity contribution is 0.178. The quantitative estimate of drug-likeness (QED) is 0.445. The molecule has 5 heteroatoms. The monoisotopic (exact) mass is 298 g/mol. The molecule has 0 amide bonds. The van der Waals surface area contributed by atoms with Gasteiger partial charge in [-0.05, 0) is 47.5 Å². The van der Waals surface area contributed by atoms with Crippen LogP contribution in [0.1, 0.15) is 47.5 Å². The van der Waals surface area contributed by atoms with E-state index in [1.54, 1.807) is 0 Å². The topological polar surface area (TPSA) is 59.9 Å². The van der Waals surface area contributed by atoms with Gasteiger partial charge in [-0.1, -0.05) is 0 Å². The average Bonchev–Trinajstić information content (AvgIpc) is 3.20. The molecule has 1 saturated carbocycles. The minimum atomic E-state index is 0.0737. The second kappa shape index (κ2) is 8.59. The lowest BCUT2D eigenvalue weighted by Crippen LogP contribution is -2.45. The van der Waals surface area contributed by atoms with Crippen molar-refractivity contribution in [2.45, 2.75) is 59.5 Å². The molecule has 0 aromatic heterocycles. The van der Waals surface area contributed by atoms with Gasteiger partial charge >= 0.3 is 0 Å². The highest BCUT2D eigenvalue weighted by Crippen LogP contribution is 2.45. The van der Waals surface area contributed by atoms with Crippen LogP contribution >= 0.6 is 0 Å². The normalized spacial score (nSPS) is 17.7. The lowest BCUT2D eigenvalue weighted by Gasteiger charge is -2.30. The molecule has 1 rings (SSSR count). The van der Waals surface area contributed by atoms with E-state index in [0.29, 0.717) is 12.1 Å². The molecule has 1 aliphatic carbocycles. The van der Waals surface area contributed by atoms with Crippen LogP contribution in [0.25, 0.3) is 0 Å². The second-order valence-electron chi connectivity index (χ2n) is 6.71. The summed E-state index contributed by atoms with van der Waals surface area (Å²) in [4.78, 5) is 7.09. The van der Waals surface area contributed by atoms with Crippen LogP contribution in [0.4, 0.5) is 0 Å². The van der Waals surface area contributed by atoms with E-state index in [-0.39, 0.29) is 12.0 Å². The zero-order valence-corrected chi connectivity index (χ0v) is 14.4. The van der Waals surface area contributed by atoms with Crippen molar-refractivity contribution in [1.29, 1.82) is 0 Å². The van der Waals surface area contributed by atoms with Crippen molar-refractivity contribution in [3.8, 4) is 0 Å². The van der Waals surface area contributed by atoms with Crippen LogP contribution in [0.3, 0.4) is 0 Å². The number of hydrogen-bond donors (Lipinski definition) is 3. The summed E-state index contributed by atoms with van der Waals surface area (Å²) >= 11 is 0. The van der Waals surface area contributed by atoms with E-state index in [1.165, 1.54) is 0 Å². The zero-order chi connectivity index (χ0) is 15.9. The first-order valence-electron chi connectivity index (χ1n) is 8.33. The van der Waals surface area contributed by atoms with E-state index in [4.69, 9.17) is 0 Å². The van der Waals surface area contributed by atoms with E-state index in [2.05, 4.69) is 55.1 Å². The largest absolute Gasteiger partial charge is 0.396 e. The number of hydrogen-bond acceptors (Lipinski definition) is 3. The molecule has 1 fully saturated rings. The highest BCUT2D eigenvalue weighted by Gasteiger charge is 2.41. The third kappa shape index (κ3) is 6.22. The fourth-order valence-electron chi connectivity index (χ4n) is 2.55. The first-order valence-corrected chi connectivity index (χ1v) is 8.33. The van der Waals surface area contributed by atoms with Crippen molar-refractivity contribution >= 4 is 5.96 Å². The molecule has 0 aromatic carbocycles. The van der Waals surface area contributed by atoms with Gasteiger partial charge in [0.25, 0.3) is 0 Å². The third-order valence-electron chi connectivity index (χ3n) is 4.20. The smallest absolute Gasteiger partial charge is 0.191 e. The molecule has 5 nitrogen and oxygen atoms in total. The summed E-state index contributed by atoms with van der Waals surface area (Å²) in [6.07, 6.45) is 2.20. The van der Waals surface area contributed by atoms with Gasteiger partial charge in [-0.2, -0.15) is 0 Å². The molecular formula is C16H34N4O. The van der Waals surface area contributed by atoms with Gasteiger partial charge in [0.1, 0.15) is 0 Å². The molecule has 21 heavy (non-hydrogen) atoms. The van der Waals surface area contributed by atoms with Gasteiger partial charge in [0.2, 0.25) is 0 Å². The van der Waals surface area contributed by atoms with Gasteiger partial charge < -0.3 is 15.7 Å². The van der Waals surface area contributed by atoms with Crippen molar-refractivity contribution in [3.63, 3.8) is 0 Å². The Kier molecular flexibility index (Phi) is 7.46. The van der Waals surface area contributed by atoms with E-state index >= 15 is 0 Å². The Morgan fingerprint density at radius 1 is 1.19 bits per heavy atom. The zero-order valence-electron chi connectivity index (χ0n) is 14.4. The van der Waals surface area contributed by atoms with E-state index in [1.807, 2.05) is 0 Å². The summed E-state index contributed by atoms with van der Waals surface area (Å²) in [5.74, 6) is 0.865. The fourth-order valence-corrected chi connectivity index (χ4v) is 2.55. The number of aliphatic hydroxyl groups is 1. The predicted molar refractivity (Wildman–Crippen MR) is 89.7 cm³/mol. The maximum Gasteiger partial charge on any atom is 0.191 e. The van der Waals surface area contributed by atoms with E-state index in [9.17, 15) is 5.11 Å². The Morgan fingerprint density at radius 3 is 2.24 bits per heavy atom. The van der Waals surface area contributed by atoms with Crippen molar-refractivity contribution in [1.82, 2.24) is 15.5 Å². The number of nitrogens with zero attached hydrogens (tertiary/aromatic N) is 2. The molecule has 3 N–H and O–H groups in total. The molecule has 0 bridgehead atoms. The van der Waals surface area contributed by atoms with Gasteiger partial charge in [-0.15, -0.1) is 0 Å². The first-order chi connectivity index (χ1) is 9.94. The van der Waals surface area contributed by atoms with Crippen LogP contribution in [0.15, 0.2) is 4.99 Å². The Morgan fingerprint density at radius 2 is 1.81 bits per heavy atom. The molecule has 0 saturated heterocycles. The predicted octanol–water partition coefficient (Wildman–Crippen LogP) is 1.43. The van der Waals surface area contributed by atoms with Gasteiger partial charge in [0.05, 0.1) is 13.2 Å². The van der Waals surface area contributed by atoms with Crippen LogP contribution in [-0.2, 0) is 0 Å². The Bertz CT molecular complexity index is 316. The van der Waals surface area contributed by atoms with Gasteiger partial charge in [-0.25, -0.2) is 0 Å². The maximum atomic E-state index is 9.35. The number of aliphatic imine (C=N–C) groups is 1. The van der Waals surface area contributed by atoms with Gasteiger partial charge in [0, 0.05) is 37.1 Å². The molecule has 0 heterocycles. The number of nitrogens with one attached hydrogen (secondary N) is 2. The average molecular weight is 298 g/mol. The summed E-state index contributed by atoms with van der Waals surface area (Å²) in [7, 11) is 0. The minimum absolute atomic E-state index is 0.0737. The lowest BCUT2D eigenvalue weighted by atomic mass is 10.1. The summed E-state index contributed by atoms with van der Waals surface area (Å²) in [5.41, 5.74) is 0.0737. The van der Waals surface area contributed by atoms with E-state index < -0.39 is 0 Å². The van der Waals surface area contributed by atoms with Gasteiger partial charge in [-0.3, -0.25) is 9.89 Å². The van der Waals surface area contributed by atoms with Crippen molar-refractivity contribution in [2.24, 2.45) is 10.4 Å². The van der Waals surface area contributed by atoms with Crippen molar-refractivity contribution in [2.75, 3.05) is 32.8 Å². The first kappa shape index (κ1) is 18.2. The molecule has 0 radical (unpaired) electrons. The fraction of sp³-hybridized carbons (Fsp3) is 0.938. The maximum absolute atomic E-state index is 9.35. The van der Waals surface area contributed by atoms with Crippen LogP contribution < -0.4 is 10.6 Å². The Hall–Kier alpha value is -0.810. The molecule has 0 atom stereocenters. The molecule has 1 aliphatic rings. The van der Waals surface area contributed by atoms with Crippen LogP contribution in [0.5, 0.6) is 0 Å². The molecule has 0 aromatic rings. The highest BCUT2D eigenvalue weighted by molar-refractivity contribution is 5.79. The summed E-state index contributed by atoms with van der Waals surface area (Å²) in [6.45, 7) is 14.7. The van der Waals surface area contributed by atoms with Crippen molar-refractivity contribution in [3.05, 3.63) is 0 Å². The Labute approximate surface area is 130 Å². The third-order valence-corrected chi connectivity index (χ3v) is 4.20. The SMILES string of the molecule is CCNC(=NCC1(CO)CC1)NCCN(C(C)C)C(C)C. The number of aliphatic hydroxyl groups excluding tert-OH is 1. The van der Waals surface area contributed by atoms with Crippen LogP contribution in [0, 0.1) is 5.41 Å². The summed E-state index contributed by atoms with van der Waals surface area (Å²) < 4.78 is 0. The summed E-state index contributed by atoms with van der Waals surface area (Å²) in [6, 6.07) is 1.10. The molecular weight excluding hydrogens is 264 g/mol. The molecule has 0 spiro atoms. The van der Waals surface area contributed by atoms with E-state index in [0.717, 1.165) is 45.0 Å². The second-order valence-corrected chi connectivity index (χ2v) is 6.71. The standard InChI is InChI=1S/C16H34N4O/c1-6-17-15(19-11-16(12-21)7-8-16)18-9-10-20(13(2)3)14(4)5/h13-14,21H,6-12H2,1-5H3,(H2,17,18,19). The number of guanidine groups is 1. The van der Waals surface area contributed by atoms with Crippen molar-refractivity contribution < 1.29 is 5.11 Å². The number of rotatable bonds is 9. The summed E-state index contributed by atoms with van der Waals surface area (Å²) in [5, 5.41) is 16.0. The highest BCUT2D eigenvalue weighted by atomic mass is 16.3. The minimum Gasteiger partial charge on any atom is -0.396 e. The molecule has 0 aliphatic heterocycles. The van der Waals surface area contributed by atoms with Gasteiger partial charge in [0.15, 0.2) is 5.96 Å². The Balaban J connectivity index is 2.41. The molecule has 0 unspecified atom stereocenters. The van der Waals surface area contributed by atoms with Crippen LogP contribution in [0.2, 0.25) is 0 Å². The van der Waals surface area contributed by atoms with Crippen LogP contribution in [-0.4, -0.2) is 60.8 Å².